The minimum atomic E-state index is 0.727. The minimum Gasteiger partial charge on any atom is -0.480 e. The zero-order valence-electron chi connectivity index (χ0n) is 6.07. The van der Waals surface area contributed by atoms with Crippen LogP contribution in [0, 0.1) is 0 Å². The molecule has 3 heteroatoms. The van der Waals surface area contributed by atoms with Crippen LogP contribution < -0.4 is 4.74 Å². The molecule has 1 aromatic heterocycles. The van der Waals surface area contributed by atoms with Crippen molar-refractivity contribution in [1.82, 2.24) is 4.37 Å². The third-order valence-corrected chi connectivity index (χ3v) is 2.35. The molecule has 0 amide bonds. The molecule has 0 bridgehead atoms. The van der Waals surface area contributed by atoms with Gasteiger partial charge in [-0.2, -0.15) is 4.37 Å². The average Bonchev–Trinajstić information content (AvgIpc) is 2.47. The van der Waals surface area contributed by atoms with Crippen molar-refractivity contribution >= 4 is 21.6 Å². The monoisotopic (exact) mass is 165 g/mol. The van der Waals surface area contributed by atoms with Crippen molar-refractivity contribution in [3.63, 3.8) is 0 Å². The lowest BCUT2D eigenvalue weighted by molar-refractivity contribution is 0.407. The predicted octanol–water partition coefficient (Wildman–Crippen LogP) is 2.30. The molecule has 0 atom stereocenters. The molecular formula is C8H7NOS. The van der Waals surface area contributed by atoms with Gasteiger partial charge < -0.3 is 4.74 Å². The number of hydrogen-bond donors (Lipinski definition) is 0. The lowest BCUT2D eigenvalue weighted by Crippen LogP contribution is -1.80. The number of fused-ring (bicyclic) bond motifs is 1. The number of benzene rings is 1. The Morgan fingerprint density at radius 1 is 1.36 bits per heavy atom. The first-order valence-corrected chi connectivity index (χ1v) is 4.07. The van der Waals surface area contributed by atoms with Gasteiger partial charge in [0.2, 0.25) is 5.88 Å². The van der Waals surface area contributed by atoms with E-state index in [1.165, 1.54) is 16.2 Å². The Labute approximate surface area is 68.6 Å². The Morgan fingerprint density at radius 3 is 3.00 bits per heavy atom. The summed E-state index contributed by atoms with van der Waals surface area (Å²) in [6.07, 6.45) is 0. The van der Waals surface area contributed by atoms with E-state index >= 15 is 0 Å². The van der Waals surface area contributed by atoms with Gasteiger partial charge in [0.15, 0.2) is 0 Å². The van der Waals surface area contributed by atoms with E-state index in [-0.39, 0.29) is 0 Å². The Kier molecular flexibility index (Phi) is 1.51. The van der Waals surface area contributed by atoms with Gasteiger partial charge in [0.25, 0.3) is 0 Å². The second-order valence-corrected chi connectivity index (χ2v) is 2.99. The predicted molar refractivity (Wildman–Crippen MR) is 46.2 cm³/mol. The molecule has 0 aliphatic carbocycles. The SMILES string of the molecule is COc1nsc2ccccc12. The summed E-state index contributed by atoms with van der Waals surface area (Å²) in [5.74, 6) is 0.727. The van der Waals surface area contributed by atoms with Crippen LogP contribution in [0.4, 0.5) is 0 Å². The van der Waals surface area contributed by atoms with Crippen LogP contribution in [0.1, 0.15) is 0 Å². The summed E-state index contributed by atoms with van der Waals surface area (Å²) < 4.78 is 10.4. The normalized spacial score (nSPS) is 10.3. The topological polar surface area (TPSA) is 22.1 Å². The van der Waals surface area contributed by atoms with Crippen molar-refractivity contribution in [2.45, 2.75) is 0 Å². The second kappa shape index (κ2) is 2.51. The fourth-order valence-electron chi connectivity index (χ4n) is 1.01. The van der Waals surface area contributed by atoms with Crippen LogP contribution in [0.3, 0.4) is 0 Å². The maximum Gasteiger partial charge on any atom is 0.232 e. The molecule has 0 aliphatic rings. The van der Waals surface area contributed by atoms with Gasteiger partial charge in [0.05, 0.1) is 17.2 Å². The van der Waals surface area contributed by atoms with Gasteiger partial charge in [-0.3, -0.25) is 0 Å². The molecule has 0 radical (unpaired) electrons. The molecule has 0 saturated carbocycles. The average molecular weight is 165 g/mol. The molecule has 0 saturated heterocycles. The van der Waals surface area contributed by atoms with Crippen LogP contribution >= 0.6 is 11.5 Å². The first kappa shape index (κ1) is 6.61. The molecule has 2 rings (SSSR count). The molecule has 56 valence electrons. The van der Waals surface area contributed by atoms with E-state index in [0.717, 1.165) is 11.3 Å². The number of rotatable bonds is 1. The summed E-state index contributed by atoms with van der Waals surface area (Å²) in [6.45, 7) is 0. The van der Waals surface area contributed by atoms with Gasteiger partial charge in [0, 0.05) is 0 Å². The smallest absolute Gasteiger partial charge is 0.232 e. The molecule has 0 unspecified atom stereocenters. The molecule has 0 aliphatic heterocycles. The van der Waals surface area contributed by atoms with E-state index in [2.05, 4.69) is 4.37 Å². The molecule has 11 heavy (non-hydrogen) atoms. The second-order valence-electron chi connectivity index (χ2n) is 2.19. The molecular weight excluding hydrogens is 158 g/mol. The summed E-state index contributed by atoms with van der Waals surface area (Å²) in [6, 6.07) is 8.03. The van der Waals surface area contributed by atoms with Crippen molar-refractivity contribution in [3.05, 3.63) is 24.3 Å². The third-order valence-electron chi connectivity index (χ3n) is 1.54. The van der Waals surface area contributed by atoms with E-state index in [9.17, 15) is 0 Å². The number of hydrogen-bond acceptors (Lipinski definition) is 3. The highest BCUT2D eigenvalue weighted by Crippen LogP contribution is 2.27. The highest BCUT2D eigenvalue weighted by atomic mass is 32.1. The Balaban J connectivity index is 2.76. The van der Waals surface area contributed by atoms with E-state index in [1.54, 1.807) is 7.11 Å². The van der Waals surface area contributed by atoms with E-state index < -0.39 is 0 Å². The van der Waals surface area contributed by atoms with Crippen molar-refractivity contribution < 1.29 is 4.74 Å². The third kappa shape index (κ3) is 0.973. The molecule has 0 spiro atoms. The fraction of sp³-hybridized carbons (Fsp3) is 0.125. The zero-order valence-corrected chi connectivity index (χ0v) is 6.89. The fourth-order valence-corrected chi connectivity index (χ4v) is 1.76. The van der Waals surface area contributed by atoms with Crippen LogP contribution in [-0.2, 0) is 0 Å². The highest BCUT2D eigenvalue weighted by molar-refractivity contribution is 7.13. The van der Waals surface area contributed by atoms with E-state index in [0.29, 0.717) is 0 Å². The molecule has 1 aromatic carbocycles. The summed E-state index contributed by atoms with van der Waals surface area (Å²) in [4.78, 5) is 0. The van der Waals surface area contributed by atoms with E-state index in [1.807, 2.05) is 24.3 Å². The van der Waals surface area contributed by atoms with Crippen molar-refractivity contribution in [3.8, 4) is 5.88 Å². The van der Waals surface area contributed by atoms with Crippen molar-refractivity contribution in [2.24, 2.45) is 0 Å². The van der Waals surface area contributed by atoms with Gasteiger partial charge in [-0.25, -0.2) is 0 Å². The Morgan fingerprint density at radius 2 is 2.18 bits per heavy atom. The van der Waals surface area contributed by atoms with Crippen LogP contribution in [0.5, 0.6) is 5.88 Å². The number of aromatic nitrogens is 1. The van der Waals surface area contributed by atoms with Gasteiger partial charge in [-0.15, -0.1) is 0 Å². The van der Waals surface area contributed by atoms with Crippen LogP contribution in [0.15, 0.2) is 24.3 Å². The summed E-state index contributed by atoms with van der Waals surface area (Å²) in [5.41, 5.74) is 0. The number of nitrogens with zero attached hydrogens (tertiary/aromatic N) is 1. The van der Waals surface area contributed by atoms with Gasteiger partial charge >= 0.3 is 0 Å². The van der Waals surface area contributed by atoms with Gasteiger partial charge in [0.1, 0.15) is 0 Å². The first-order valence-electron chi connectivity index (χ1n) is 3.30. The van der Waals surface area contributed by atoms with E-state index in [4.69, 9.17) is 4.74 Å². The first-order chi connectivity index (χ1) is 5.42. The molecule has 2 nitrogen and oxygen atoms in total. The Hall–Kier alpha value is -1.09. The molecule has 0 fully saturated rings. The summed E-state index contributed by atoms with van der Waals surface area (Å²) in [7, 11) is 1.64. The summed E-state index contributed by atoms with van der Waals surface area (Å²) >= 11 is 1.46. The van der Waals surface area contributed by atoms with Crippen molar-refractivity contribution in [2.75, 3.05) is 7.11 Å². The van der Waals surface area contributed by atoms with Crippen molar-refractivity contribution in [1.29, 1.82) is 0 Å². The molecule has 1 heterocycles. The number of methoxy groups -OCH3 is 1. The lowest BCUT2D eigenvalue weighted by Gasteiger charge is -1.91. The lowest BCUT2D eigenvalue weighted by atomic mass is 10.3. The largest absolute Gasteiger partial charge is 0.480 e. The Bertz CT molecular complexity index is 369. The van der Waals surface area contributed by atoms with Gasteiger partial charge in [-0.1, -0.05) is 12.1 Å². The van der Waals surface area contributed by atoms with Gasteiger partial charge in [-0.05, 0) is 23.7 Å². The maximum absolute atomic E-state index is 5.07. The van der Waals surface area contributed by atoms with Crippen LogP contribution in [-0.4, -0.2) is 11.5 Å². The number of ether oxygens (including phenoxy) is 1. The molecule has 0 N–H and O–H groups in total. The molecule has 2 aromatic rings. The standard InChI is InChI=1S/C8H7NOS/c1-10-8-6-4-2-3-5-7(6)11-9-8/h2-5H,1H3. The highest BCUT2D eigenvalue weighted by Gasteiger charge is 2.02. The van der Waals surface area contributed by atoms with Crippen LogP contribution in [0.25, 0.3) is 10.1 Å². The zero-order chi connectivity index (χ0) is 7.68. The minimum absolute atomic E-state index is 0.727. The summed E-state index contributed by atoms with van der Waals surface area (Å²) in [5, 5.41) is 1.10. The van der Waals surface area contributed by atoms with Crippen LogP contribution in [0.2, 0.25) is 0 Å². The maximum atomic E-state index is 5.07. The quantitative estimate of drug-likeness (QED) is 0.646.